The Morgan fingerprint density at radius 1 is 1.16 bits per heavy atom. The summed E-state index contributed by atoms with van der Waals surface area (Å²) in [5.41, 5.74) is -1.04. The van der Waals surface area contributed by atoms with Crippen LogP contribution in [-0.2, 0) is 12.7 Å². The van der Waals surface area contributed by atoms with Crippen LogP contribution < -0.4 is 15.7 Å². The summed E-state index contributed by atoms with van der Waals surface area (Å²) >= 11 is 0. The monoisotopic (exact) mass is 446 g/mol. The zero-order valence-corrected chi connectivity index (χ0v) is 17.2. The largest absolute Gasteiger partial charge is 0.497 e. The normalized spacial score (nSPS) is 13.8. The van der Waals surface area contributed by atoms with E-state index in [1.807, 2.05) is 0 Å². The second kappa shape index (κ2) is 8.52. The van der Waals surface area contributed by atoms with Crippen molar-refractivity contribution in [2.24, 2.45) is 0 Å². The molecule has 7 nitrogen and oxygen atoms in total. The van der Waals surface area contributed by atoms with E-state index in [-0.39, 0.29) is 24.8 Å². The number of carbonyl (C=O) groups is 1. The molecule has 3 aromatic rings. The molecule has 1 aromatic heterocycles. The van der Waals surface area contributed by atoms with Crippen LogP contribution in [0, 0.1) is 0 Å². The zero-order chi connectivity index (χ0) is 22.9. The number of aromatic nitrogens is 3. The number of alkyl halides is 3. The molecule has 1 aliphatic rings. The van der Waals surface area contributed by atoms with Gasteiger partial charge in [0.2, 0.25) is 0 Å². The lowest BCUT2D eigenvalue weighted by atomic mass is 10.1. The first-order chi connectivity index (χ1) is 15.3. The molecule has 1 saturated carbocycles. The lowest BCUT2D eigenvalue weighted by Gasteiger charge is -2.12. The van der Waals surface area contributed by atoms with E-state index in [1.165, 1.54) is 16.8 Å². The van der Waals surface area contributed by atoms with Crippen molar-refractivity contribution in [3.8, 4) is 17.1 Å². The number of rotatable bonds is 7. The van der Waals surface area contributed by atoms with Crippen LogP contribution in [-0.4, -0.2) is 33.9 Å². The number of ether oxygens (including phenoxy) is 1. The summed E-state index contributed by atoms with van der Waals surface area (Å²) < 4.78 is 47.4. The molecular weight excluding hydrogens is 425 g/mol. The number of nitrogens with one attached hydrogen (secondary N) is 1. The Bertz CT molecular complexity index is 1180. The number of nitrogens with zero attached hydrogens (tertiary/aromatic N) is 3. The molecule has 1 fully saturated rings. The van der Waals surface area contributed by atoms with Gasteiger partial charge in [0.15, 0.2) is 5.82 Å². The fraction of sp³-hybridized carbons (Fsp3) is 0.318. The maximum atomic E-state index is 13.1. The van der Waals surface area contributed by atoms with Crippen LogP contribution in [0.5, 0.6) is 5.75 Å². The van der Waals surface area contributed by atoms with Gasteiger partial charge < -0.3 is 10.1 Å². The second-order valence-corrected chi connectivity index (χ2v) is 7.46. The quantitative estimate of drug-likeness (QED) is 0.603. The first-order valence-electron chi connectivity index (χ1n) is 10.1. The lowest BCUT2D eigenvalue weighted by molar-refractivity contribution is -0.137. The van der Waals surface area contributed by atoms with Crippen molar-refractivity contribution in [2.45, 2.75) is 31.6 Å². The van der Waals surface area contributed by atoms with Crippen molar-refractivity contribution in [3.05, 3.63) is 70.1 Å². The highest BCUT2D eigenvalue weighted by Crippen LogP contribution is 2.36. The Morgan fingerprint density at radius 3 is 2.47 bits per heavy atom. The maximum Gasteiger partial charge on any atom is 0.417 e. The molecular formula is C22H21F3N4O3. The molecule has 1 amide bonds. The molecule has 0 bridgehead atoms. The number of carbonyl (C=O) groups excluding carboxylic acids is 1. The minimum absolute atomic E-state index is 0.0294. The predicted octanol–water partition coefficient (Wildman–Crippen LogP) is 3.50. The number of amides is 1. The van der Waals surface area contributed by atoms with Gasteiger partial charge in [-0.15, -0.1) is 5.10 Å². The van der Waals surface area contributed by atoms with E-state index >= 15 is 0 Å². The Kier molecular flexibility index (Phi) is 5.77. The summed E-state index contributed by atoms with van der Waals surface area (Å²) in [6.07, 6.45) is -2.89. The molecule has 0 radical (unpaired) electrons. The Labute approximate surface area is 181 Å². The van der Waals surface area contributed by atoms with Gasteiger partial charge in [0.25, 0.3) is 5.91 Å². The van der Waals surface area contributed by atoms with Crippen molar-refractivity contribution >= 4 is 5.91 Å². The standard InChI is InChI=1S/C22H21F3N4O3/c1-32-16-10-6-14(7-11-16)19-27-28(21(31)29(19)15-8-9-15)13-12-26-20(30)17-4-2-3-5-18(17)22(23,24)25/h2-7,10-11,15H,8-9,12-13H2,1H3,(H,26,30). The molecule has 10 heteroatoms. The molecule has 0 aliphatic heterocycles. The number of hydrogen-bond acceptors (Lipinski definition) is 4. The fourth-order valence-corrected chi connectivity index (χ4v) is 3.46. The topological polar surface area (TPSA) is 78.2 Å². The third-order valence-corrected chi connectivity index (χ3v) is 5.22. The van der Waals surface area contributed by atoms with Gasteiger partial charge in [0.05, 0.1) is 24.8 Å². The summed E-state index contributed by atoms with van der Waals surface area (Å²) in [5.74, 6) is 0.326. The number of methoxy groups -OCH3 is 1. The van der Waals surface area contributed by atoms with Crippen molar-refractivity contribution in [1.82, 2.24) is 19.7 Å². The summed E-state index contributed by atoms with van der Waals surface area (Å²) in [6.45, 7) is -0.0176. The smallest absolute Gasteiger partial charge is 0.417 e. The fourth-order valence-electron chi connectivity index (χ4n) is 3.46. The highest BCUT2D eigenvalue weighted by Gasteiger charge is 2.35. The Balaban J connectivity index is 1.51. The molecule has 1 N–H and O–H groups in total. The van der Waals surface area contributed by atoms with Crippen LogP contribution in [0.25, 0.3) is 11.4 Å². The highest BCUT2D eigenvalue weighted by atomic mass is 19.4. The molecule has 168 valence electrons. The average molecular weight is 446 g/mol. The van der Waals surface area contributed by atoms with Crippen molar-refractivity contribution in [1.29, 1.82) is 0 Å². The van der Waals surface area contributed by atoms with Crippen LogP contribution in [0.3, 0.4) is 0 Å². The van der Waals surface area contributed by atoms with Crippen LogP contribution in [0.1, 0.15) is 34.8 Å². The molecule has 4 rings (SSSR count). The van der Waals surface area contributed by atoms with E-state index in [1.54, 1.807) is 35.9 Å². The Morgan fingerprint density at radius 2 is 1.84 bits per heavy atom. The molecule has 32 heavy (non-hydrogen) atoms. The van der Waals surface area contributed by atoms with Gasteiger partial charge in [0.1, 0.15) is 5.75 Å². The van der Waals surface area contributed by atoms with Crippen LogP contribution in [0.4, 0.5) is 13.2 Å². The third kappa shape index (κ3) is 4.39. The highest BCUT2D eigenvalue weighted by molar-refractivity contribution is 5.95. The van der Waals surface area contributed by atoms with Gasteiger partial charge in [-0.25, -0.2) is 9.48 Å². The molecule has 0 atom stereocenters. The van der Waals surface area contributed by atoms with Crippen LogP contribution in [0.2, 0.25) is 0 Å². The third-order valence-electron chi connectivity index (χ3n) is 5.22. The van der Waals surface area contributed by atoms with Crippen molar-refractivity contribution in [2.75, 3.05) is 13.7 Å². The summed E-state index contributed by atoms with van der Waals surface area (Å²) in [7, 11) is 1.56. The predicted molar refractivity (Wildman–Crippen MR) is 111 cm³/mol. The zero-order valence-electron chi connectivity index (χ0n) is 17.2. The summed E-state index contributed by atoms with van der Waals surface area (Å²) in [4.78, 5) is 25.2. The molecule has 2 aromatic carbocycles. The number of benzene rings is 2. The maximum absolute atomic E-state index is 13.1. The van der Waals surface area contributed by atoms with Gasteiger partial charge in [-0.2, -0.15) is 13.2 Å². The molecule has 0 saturated heterocycles. The van der Waals surface area contributed by atoms with E-state index in [0.29, 0.717) is 11.6 Å². The van der Waals surface area contributed by atoms with Gasteiger partial charge in [-0.3, -0.25) is 9.36 Å². The van der Waals surface area contributed by atoms with Gasteiger partial charge in [0, 0.05) is 18.2 Å². The number of halogens is 3. The van der Waals surface area contributed by atoms with E-state index in [0.717, 1.165) is 30.5 Å². The molecule has 1 heterocycles. The Hall–Kier alpha value is -3.56. The minimum Gasteiger partial charge on any atom is -0.497 e. The number of hydrogen-bond donors (Lipinski definition) is 1. The van der Waals surface area contributed by atoms with E-state index in [9.17, 15) is 22.8 Å². The summed E-state index contributed by atoms with van der Waals surface area (Å²) in [5, 5.41) is 6.87. The van der Waals surface area contributed by atoms with Gasteiger partial charge in [-0.1, -0.05) is 12.1 Å². The van der Waals surface area contributed by atoms with Gasteiger partial charge in [-0.05, 0) is 49.2 Å². The second-order valence-electron chi connectivity index (χ2n) is 7.46. The minimum atomic E-state index is -4.64. The van der Waals surface area contributed by atoms with E-state index in [4.69, 9.17) is 4.74 Å². The first-order valence-corrected chi connectivity index (χ1v) is 10.1. The van der Waals surface area contributed by atoms with Crippen molar-refractivity contribution < 1.29 is 22.7 Å². The molecule has 0 spiro atoms. The lowest BCUT2D eigenvalue weighted by Crippen LogP contribution is -2.33. The van der Waals surface area contributed by atoms with Crippen LogP contribution in [0.15, 0.2) is 53.3 Å². The van der Waals surface area contributed by atoms with Crippen molar-refractivity contribution in [3.63, 3.8) is 0 Å². The average Bonchev–Trinajstić information content (AvgIpc) is 3.57. The SMILES string of the molecule is COc1ccc(-c2nn(CCNC(=O)c3ccccc3C(F)(F)F)c(=O)n2C2CC2)cc1. The van der Waals surface area contributed by atoms with E-state index in [2.05, 4.69) is 10.4 Å². The summed E-state index contributed by atoms with van der Waals surface area (Å²) in [6, 6.07) is 11.8. The van der Waals surface area contributed by atoms with Gasteiger partial charge >= 0.3 is 11.9 Å². The first kappa shape index (κ1) is 21.7. The molecule has 0 unspecified atom stereocenters. The van der Waals surface area contributed by atoms with Crippen LogP contribution >= 0.6 is 0 Å². The van der Waals surface area contributed by atoms with E-state index < -0.39 is 23.2 Å². The molecule has 1 aliphatic carbocycles.